The van der Waals surface area contributed by atoms with E-state index in [-0.39, 0.29) is 11.8 Å². The van der Waals surface area contributed by atoms with Crippen LogP contribution in [0.3, 0.4) is 0 Å². The van der Waals surface area contributed by atoms with Crippen molar-refractivity contribution in [3.05, 3.63) is 59.7 Å². The summed E-state index contributed by atoms with van der Waals surface area (Å²) in [7, 11) is 1.65. The molecule has 1 aliphatic heterocycles. The van der Waals surface area contributed by atoms with Gasteiger partial charge >= 0.3 is 139 Å². The normalized spacial score (nSPS) is 13.4. The SMILES string of the molecule is COc1ccc([Te]CCN2C(=O)c3ccccc3C2=O)cc1. The van der Waals surface area contributed by atoms with Crippen molar-refractivity contribution in [3.8, 4) is 5.75 Å². The van der Waals surface area contributed by atoms with Crippen LogP contribution in [0.2, 0.25) is 4.47 Å². The average molecular weight is 409 g/mol. The third-order valence-electron chi connectivity index (χ3n) is 3.52. The van der Waals surface area contributed by atoms with Gasteiger partial charge in [0.2, 0.25) is 0 Å². The fourth-order valence-electron chi connectivity index (χ4n) is 2.37. The van der Waals surface area contributed by atoms with Crippen molar-refractivity contribution in [1.29, 1.82) is 0 Å². The molecule has 112 valence electrons. The monoisotopic (exact) mass is 411 g/mol. The number of nitrogens with zero attached hydrogens (tertiary/aromatic N) is 1. The van der Waals surface area contributed by atoms with Crippen molar-refractivity contribution in [1.82, 2.24) is 4.90 Å². The molecule has 0 saturated carbocycles. The van der Waals surface area contributed by atoms with E-state index < -0.39 is 20.9 Å². The summed E-state index contributed by atoms with van der Waals surface area (Å²) < 4.78 is 7.31. The van der Waals surface area contributed by atoms with Crippen molar-refractivity contribution in [2.75, 3.05) is 13.7 Å². The molecule has 0 spiro atoms. The fraction of sp³-hybridized carbons (Fsp3) is 0.176. The summed E-state index contributed by atoms with van der Waals surface area (Å²) in [6.45, 7) is 0.501. The van der Waals surface area contributed by atoms with E-state index in [1.165, 1.54) is 8.51 Å². The topological polar surface area (TPSA) is 46.6 Å². The number of fused-ring (bicyclic) bond motifs is 1. The van der Waals surface area contributed by atoms with Gasteiger partial charge in [0.1, 0.15) is 0 Å². The summed E-state index contributed by atoms with van der Waals surface area (Å²) in [6.07, 6.45) is 0. The third-order valence-corrected chi connectivity index (χ3v) is 6.35. The van der Waals surface area contributed by atoms with Crippen LogP contribution < -0.4 is 8.35 Å². The van der Waals surface area contributed by atoms with Crippen molar-refractivity contribution in [2.45, 2.75) is 4.47 Å². The number of imide groups is 1. The van der Waals surface area contributed by atoms with Gasteiger partial charge in [-0.05, 0) is 0 Å². The van der Waals surface area contributed by atoms with E-state index in [1.807, 2.05) is 12.1 Å². The molecular formula is C17H15NO3Te. The summed E-state index contributed by atoms with van der Waals surface area (Å²) in [5, 5.41) is 0. The summed E-state index contributed by atoms with van der Waals surface area (Å²) in [5.74, 6) is 0.516. The van der Waals surface area contributed by atoms with Crippen LogP contribution in [0.5, 0.6) is 5.75 Å². The van der Waals surface area contributed by atoms with Crippen LogP contribution in [-0.2, 0) is 0 Å². The number of ether oxygens (including phenoxy) is 1. The molecule has 1 heterocycles. The molecule has 0 saturated heterocycles. The Hall–Kier alpha value is -1.83. The quantitative estimate of drug-likeness (QED) is 0.559. The first-order valence-electron chi connectivity index (χ1n) is 6.93. The Kier molecular flexibility index (Phi) is 4.47. The van der Waals surface area contributed by atoms with Gasteiger partial charge in [0, 0.05) is 0 Å². The standard InChI is InChI=1S/C17H15NO3Te/c1-21-12-6-8-13(9-7-12)22-11-10-18-16(19)14-4-2-3-5-15(14)17(18)20/h2-9H,10-11H2,1H3. The molecule has 0 atom stereocenters. The Morgan fingerprint density at radius 3 is 2.09 bits per heavy atom. The Bertz CT molecular complexity index is 677. The first-order chi connectivity index (χ1) is 10.7. The second-order valence-electron chi connectivity index (χ2n) is 4.83. The molecule has 22 heavy (non-hydrogen) atoms. The van der Waals surface area contributed by atoms with Crippen LogP contribution in [0, 0.1) is 0 Å². The molecule has 0 aliphatic carbocycles. The number of benzene rings is 2. The van der Waals surface area contributed by atoms with Gasteiger partial charge in [-0.2, -0.15) is 0 Å². The number of amides is 2. The van der Waals surface area contributed by atoms with Gasteiger partial charge in [-0.1, -0.05) is 0 Å². The van der Waals surface area contributed by atoms with E-state index in [2.05, 4.69) is 12.1 Å². The van der Waals surface area contributed by atoms with Crippen molar-refractivity contribution >= 4 is 36.3 Å². The van der Waals surface area contributed by atoms with Gasteiger partial charge in [-0.25, -0.2) is 0 Å². The molecule has 0 fully saturated rings. The van der Waals surface area contributed by atoms with Gasteiger partial charge in [0.15, 0.2) is 0 Å². The summed E-state index contributed by atoms with van der Waals surface area (Å²) in [5.41, 5.74) is 1.05. The fourth-order valence-corrected chi connectivity index (χ4v) is 4.76. The van der Waals surface area contributed by atoms with E-state index in [0.717, 1.165) is 10.2 Å². The number of methoxy groups -OCH3 is 1. The van der Waals surface area contributed by atoms with E-state index >= 15 is 0 Å². The Labute approximate surface area is 139 Å². The van der Waals surface area contributed by atoms with E-state index in [1.54, 1.807) is 31.4 Å². The molecule has 0 bridgehead atoms. The Balaban J connectivity index is 1.60. The van der Waals surface area contributed by atoms with Crippen LogP contribution in [0.4, 0.5) is 0 Å². The number of carbonyl (C=O) groups is 2. The Morgan fingerprint density at radius 2 is 1.55 bits per heavy atom. The molecule has 2 aromatic carbocycles. The second-order valence-corrected chi connectivity index (χ2v) is 8.17. The molecule has 0 radical (unpaired) electrons. The summed E-state index contributed by atoms with van der Waals surface area (Å²) in [6, 6.07) is 15.0. The van der Waals surface area contributed by atoms with Crippen LogP contribution in [0.25, 0.3) is 0 Å². The second kappa shape index (κ2) is 6.51. The molecule has 4 nitrogen and oxygen atoms in total. The van der Waals surface area contributed by atoms with Crippen molar-refractivity contribution < 1.29 is 14.3 Å². The number of carbonyl (C=O) groups excluding carboxylic acids is 2. The number of rotatable bonds is 5. The first-order valence-corrected chi connectivity index (χ1v) is 9.74. The van der Waals surface area contributed by atoms with Crippen LogP contribution >= 0.6 is 0 Å². The van der Waals surface area contributed by atoms with E-state index in [9.17, 15) is 9.59 Å². The molecule has 5 heteroatoms. The molecule has 2 aromatic rings. The summed E-state index contributed by atoms with van der Waals surface area (Å²) >= 11 is -0.417. The molecule has 0 unspecified atom stereocenters. The molecule has 2 amide bonds. The minimum absolute atomic E-state index is 0.164. The molecule has 0 aromatic heterocycles. The maximum atomic E-state index is 12.2. The van der Waals surface area contributed by atoms with Crippen LogP contribution in [0.15, 0.2) is 48.5 Å². The van der Waals surface area contributed by atoms with Gasteiger partial charge in [0.05, 0.1) is 0 Å². The van der Waals surface area contributed by atoms with Gasteiger partial charge in [0.25, 0.3) is 0 Å². The zero-order chi connectivity index (χ0) is 15.5. The molecule has 0 N–H and O–H groups in total. The van der Waals surface area contributed by atoms with E-state index in [0.29, 0.717) is 17.7 Å². The van der Waals surface area contributed by atoms with Crippen LogP contribution in [-0.4, -0.2) is 51.3 Å². The summed E-state index contributed by atoms with van der Waals surface area (Å²) in [4.78, 5) is 25.8. The van der Waals surface area contributed by atoms with Gasteiger partial charge in [-0.3, -0.25) is 0 Å². The predicted molar refractivity (Wildman–Crippen MR) is 85.0 cm³/mol. The zero-order valence-corrected chi connectivity index (χ0v) is 14.4. The maximum absolute atomic E-state index is 12.2. The molecule has 3 rings (SSSR count). The molecular weight excluding hydrogens is 394 g/mol. The first kappa shape index (κ1) is 15.1. The van der Waals surface area contributed by atoms with E-state index in [4.69, 9.17) is 4.74 Å². The average Bonchev–Trinajstić information content (AvgIpc) is 2.81. The number of hydrogen-bond acceptors (Lipinski definition) is 3. The predicted octanol–water partition coefficient (Wildman–Crippen LogP) is 1.74. The zero-order valence-electron chi connectivity index (χ0n) is 12.1. The Morgan fingerprint density at radius 1 is 0.955 bits per heavy atom. The van der Waals surface area contributed by atoms with Crippen LogP contribution in [0.1, 0.15) is 20.7 Å². The van der Waals surface area contributed by atoms with Crippen molar-refractivity contribution in [3.63, 3.8) is 0 Å². The van der Waals surface area contributed by atoms with Gasteiger partial charge in [-0.15, -0.1) is 0 Å². The molecule has 1 aliphatic rings. The number of hydrogen-bond donors (Lipinski definition) is 0. The minimum atomic E-state index is -0.417. The third kappa shape index (κ3) is 2.87. The van der Waals surface area contributed by atoms with Gasteiger partial charge < -0.3 is 0 Å². The van der Waals surface area contributed by atoms with Crippen molar-refractivity contribution in [2.24, 2.45) is 0 Å².